The predicted molar refractivity (Wildman–Crippen MR) is 127 cm³/mol. The van der Waals surface area contributed by atoms with Crippen LogP contribution in [0, 0.1) is 6.92 Å². The Hall–Kier alpha value is -3.72. The molecule has 3 aromatic heterocycles. The number of ether oxygens (including phenoxy) is 1. The highest BCUT2D eigenvalue weighted by Crippen LogP contribution is 2.30. The Morgan fingerprint density at radius 3 is 2.62 bits per heavy atom. The molecule has 1 aromatic carbocycles. The number of anilines is 1. The van der Waals surface area contributed by atoms with E-state index in [-0.39, 0.29) is 5.91 Å². The van der Waals surface area contributed by atoms with Gasteiger partial charge in [0.25, 0.3) is 11.9 Å². The molecule has 0 bridgehead atoms. The minimum atomic E-state index is -0.0919. The van der Waals surface area contributed by atoms with E-state index in [9.17, 15) is 4.79 Å². The van der Waals surface area contributed by atoms with E-state index in [1.165, 1.54) is 5.56 Å². The molecule has 1 amide bonds. The van der Waals surface area contributed by atoms with E-state index in [0.29, 0.717) is 54.9 Å². The number of fused-ring (bicyclic) bond motifs is 1. The molecule has 5 heterocycles. The Labute approximate surface area is 197 Å². The molecule has 0 radical (unpaired) electrons. The molecule has 0 unspecified atom stereocenters. The largest absolute Gasteiger partial charge is 0.445 e. The van der Waals surface area contributed by atoms with Crippen LogP contribution in [0.15, 0.2) is 47.0 Å². The molecule has 2 saturated heterocycles. The number of aryl methyl sites for hydroxylation is 1. The van der Waals surface area contributed by atoms with Crippen LogP contribution in [0.4, 0.5) is 5.82 Å². The van der Waals surface area contributed by atoms with Gasteiger partial charge < -0.3 is 19.0 Å². The van der Waals surface area contributed by atoms with Crippen LogP contribution in [0.5, 0.6) is 0 Å². The maximum absolute atomic E-state index is 13.0. The number of hydrogen-bond donors (Lipinski definition) is 0. The second-order valence-corrected chi connectivity index (χ2v) is 8.79. The molecule has 6 rings (SSSR count). The summed E-state index contributed by atoms with van der Waals surface area (Å²) in [6.07, 6.45) is 3.91. The maximum atomic E-state index is 13.0. The summed E-state index contributed by atoms with van der Waals surface area (Å²) in [5.74, 6) is 1.31. The van der Waals surface area contributed by atoms with Crippen LogP contribution in [0.3, 0.4) is 0 Å². The Balaban J connectivity index is 1.42. The first kappa shape index (κ1) is 20.9. The molecular formula is C25H26N6O3. The van der Waals surface area contributed by atoms with Crippen LogP contribution < -0.4 is 4.90 Å². The van der Waals surface area contributed by atoms with Gasteiger partial charge in [-0.25, -0.2) is 9.67 Å². The normalized spacial score (nSPS) is 16.5. The molecule has 0 spiro atoms. The number of rotatable bonds is 4. The summed E-state index contributed by atoms with van der Waals surface area (Å²) in [6.45, 7) is 6.19. The molecule has 9 heteroatoms. The third-order valence-electron chi connectivity index (χ3n) is 6.36. The maximum Gasteiger partial charge on any atom is 0.289 e. The van der Waals surface area contributed by atoms with Crippen LogP contribution in [-0.4, -0.2) is 69.9 Å². The van der Waals surface area contributed by atoms with Gasteiger partial charge in [0.1, 0.15) is 5.52 Å². The molecule has 2 aliphatic rings. The van der Waals surface area contributed by atoms with Crippen molar-refractivity contribution in [2.75, 3.05) is 44.3 Å². The van der Waals surface area contributed by atoms with Crippen molar-refractivity contribution in [1.82, 2.24) is 24.6 Å². The molecule has 174 valence electrons. The fourth-order valence-electron chi connectivity index (χ4n) is 4.57. The number of morpholine rings is 1. The van der Waals surface area contributed by atoms with E-state index in [4.69, 9.17) is 24.2 Å². The molecule has 34 heavy (non-hydrogen) atoms. The highest BCUT2D eigenvalue weighted by atomic mass is 16.5. The molecule has 0 saturated carbocycles. The van der Waals surface area contributed by atoms with Crippen molar-refractivity contribution in [3.05, 3.63) is 53.9 Å². The van der Waals surface area contributed by atoms with Gasteiger partial charge in [0, 0.05) is 44.0 Å². The highest BCUT2D eigenvalue weighted by Gasteiger charge is 2.27. The van der Waals surface area contributed by atoms with Crippen molar-refractivity contribution in [3.63, 3.8) is 0 Å². The Bertz CT molecular complexity index is 1350. The lowest BCUT2D eigenvalue weighted by molar-refractivity contribution is 0.0763. The number of amides is 1. The quantitative estimate of drug-likeness (QED) is 0.463. The van der Waals surface area contributed by atoms with Gasteiger partial charge >= 0.3 is 0 Å². The molecule has 0 aliphatic carbocycles. The molecule has 2 fully saturated rings. The molecule has 2 aliphatic heterocycles. The second kappa shape index (κ2) is 8.57. The van der Waals surface area contributed by atoms with Crippen molar-refractivity contribution >= 4 is 22.8 Å². The van der Waals surface area contributed by atoms with Crippen LogP contribution in [0.1, 0.15) is 29.0 Å². The molecule has 9 nitrogen and oxygen atoms in total. The number of furan rings is 1. The summed E-state index contributed by atoms with van der Waals surface area (Å²) >= 11 is 0. The predicted octanol–water partition coefficient (Wildman–Crippen LogP) is 3.46. The third-order valence-corrected chi connectivity index (χ3v) is 6.36. The second-order valence-electron chi connectivity index (χ2n) is 8.79. The van der Waals surface area contributed by atoms with Crippen LogP contribution in [0.2, 0.25) is 0 Å². The van der Waals surface area contributed by atoms with Crippen molar-refractivity contribution in [1.29, 1.82) is 0 Å². The lowest BCUT2D eigenvalue weighted by Gasteiger charge is -2.27. The van der Waals surface area contributed by atoms with Gasteiger partial charge in [0.2, 0.25) is 0 Å². The van der Waals surface area contributed by atoms with Crippen LogP contribution >= 0.6 is 0 Å². The van der Waals surface area contributed by atoms with E-state index in [1.807, 2.05) is 29.3 Å². The standard InChI is InChI=1S/C25H26N6O3/c1-17-5-4-6-18(15-17)19-7-10-31(28-19)25-26-20-16-21(24(32)30-8-2-3-9-30)34-22(20)23(27-25)29-11-13-33-14-12-29/h4-7,10,15-16H,2-3,8-9,11-14H2,1H3. The lowest BCUT2D eigenvalue weighted by Crippen LogP contribution is -2.37. The van der Waals surface area contributed by atoms with Crippen molar-refractivity contribution in [2.24, 2.45) is 0 Å². The third kappa shape index (κ3) is 3.81. The number of benzene rings is 1. The number of carbonyl (C=O) groups excluding carboxylic acids is 1. The number of aromatic nitrogens is 4. The summed E-state index contributed by atoms with van der Waals surface area (Å²) < 4.78 is 13.3. The Kier molecular flexibility index (Phi) is 5.26. The molecule has 4 aromatic rings. The summed E-state index contributed by atoms with van der Waals surface area (Å²) in [5.41, 5.74) is 4.18. The number of carbonyl (C=O) groups is 1. The molecule has 0 atom stereocenters. The fraction of sp³-hybridized carbons (Fsp3) is 0.360. The zero-order chi connectivity index (χ0) is 23.1. The zero-order valence-corrected chi connectivity index (χ0v) is 19.1. The minimum absolute atomic E-state index is 0.0919. The number of nitrogens with zero attached hydrogens (tertiary/aromatic N) is 6. The monoisotopic (exact) mass is 458 g/mol. The zero-order valence-electron chi connectivity index (χ0n) is 19.1. The Morgan fingerprint density at radius 2 is 1.82 bits per heavy atom. The van der Waals surface area contributed by atoms with Gasteiger partial charge in [-0.1, -0.05) is 23.8 Å². The van der Waals surface area contributed by atoms with E-state index in [1.54, 1.807) is 10.7 Å². The van der Waals surface area contributed by atoms with Crippen LogP contribution in [-0.2, 0) is 4.74 Å². The Morgan fingerprint density at radius 1 is 1.00 bits per heavy atom. The van der Waals surface area contributed by atoms with Crippen molar-refractivity contribution < 1.29 is 13.9 Å². The number of likely N-dealkylation sites (tertiary alicyclic amines) is 1. The fourth-order valence-corrected chi connectivity index (χ4v) is 4.57. The van der Waals surface area contributed by atoms with Gasteiger partial charge in [0.15, 0.2) is 17.2 Å². The average Bonchev–Trinajstić information content (AvgIpc) is 3.64. The first-order valence-electron chi connectivity index (χ1n) is 11.7. The van der Waals surface area contributed by atoms with Gasteiger partial charge in [-0.2, -0.15) is 10.1 Å². The van der Waals surface area contributed by atoms with Gasteiger partial charge in [-0.15, -0.1) is 0 Å². The highest BCUT2D eigenvalue weighted by molar-refractivity contribution is 5.97. The summed E-state index contributed by atoms with van der Waals surface area (Å²) in [5, 5.41) is 4.73. The van der Waals surface area contributed by atoms with Crippen molar-refractivity contribution in [3.8, 4) is 17.2 Å². The van der Waals surface area contributed by atoms with E-state index >= 15 is 0 Å². The van der Waals surface area contributed by atoms with Gasteiger partial charge in [0.05, 0.1) is 18.9 Å². The SMILES string of the molecule is Cc1cccc(-c2ccn(-c3nc(N4CCOCC4)c4oc(C(=O)N5CCCC5)cc4n3)n2)c1. The smallest absolute Gasteiger partial charge is 0.289 e. The summed E-state index contributed by atoms with van der Waals surface area (Å²) in [6, 6.07) is 11.9. The van der Waals surface area contributed by atoms with E-state index in [2.05, 4.69) is 24.0 Å². The topological polar surface area (TPSA) is 89.5 Å². The van der Waals surface area contributed by atoms with Crippen LogP contribution in [0.25, 0.3) is 28.3 Å². The van der Waals surface area contributed by atoms with E-state index < -0.39 is 0 Å². The molecular weight excluding hydrogens is 432 g/mol. The van der Waals surface area contributed by atoms with Crippen molar-refractivity contribution in [2.45, 2.75) is 19.8 Å². The van der Waals surface area contributed by atoms with E-state index in [0.717, 1.165) is 37.2 Å². The summed E-state index contributed by atoms with van der Waals surface area (Å²) in [7, 11) is 0. The average molecular weight is 459 g/mol. The summed E-state index contributed by atoms with van der Waals surface area (Å²) in [4.78, 5) is 26.5. The first-order valence-corrected chi connectivity index (χ1v) is 11.7. The molecule has 0 N–H and O–H groups in total. The lowest BCUT2D eigenvalue weighted by atomic mass is 10.1. The minimum Gasteiger partial charge on any atom is -0.445 e. The van der Waals surface area contributed by atoms with Gasteiger partial charge in [-0.05, 0) is 31.9 Å². The van der Waals surface area contributed by atoms with Gasteiger partial charge in [-0.3, -0.25) is 4.79 Å². The number of hydrogen-bond acceptors (Lipinski definition) is 7. The first-order chi connectivity index (χ1) is 16.7.